The van der Waals surface area contributed by atoms with Gasteiger partial charge in [-0.2, -0.15) is 0 Å². The van der Waals surface area contributed by atoms with Gasteiger partial charge in [0, 0.05) is 28.0 Å². The summed E-state index contributed by atoms with van der Waals surface area (Å²) in [6.07, 6.45) is 1.21. The van der Waals surface area contributed by atoms with Gasteiger partial charge in [0.25, 0.3) is 0 Å². The van der Waals surface area contributed by atoms with Gasteiger partial charge in [-0.1, -0.05) is 6.92 Å². The van der Waals surface area contributed by atoms with E-state index in [1.807, 2.05) is 26.0 Å². The molecule has 2 atom stereocenters. The van der Waals surface area contributed by atoms with Crippen molar-refractivity contribution in [3.63, 3.8) is 0 Å². The zero-order chi connectivity index (χ0) is 11.7. The second-order valence-corrected chi connectivity index (χ2v) is 5.51. The molecule has 0 aliphatic carbocycles. The SMILES string of the molecule is CCC1C(=O)NC(=O)CC1c1ccc(C)s1. The van der Waals surface area contributed by atoms with Crippen LogP contribution >= 0.6 is 11.3 Å². The summed E-state index contributed by atoms with van der Waals surface area (Å²) in [6.45, 7) is 4.04. The standard InChI is InChI=1S/C12H15NO2S/c1-3-8-9(6-11(14)13-12(8)15)10-5-4-7(2)16-10/h4-5,8-9H,3,6H2,1-2H3,(H,13,14,15). The van der Waals surface area contributed by atoms with Crippen molar-refractivity contribution in [2.45, 2.75) is 32.6 Å². The summed E-state index contributed by atoms with van der Waals surface area (Å²) in [5, 5.41) is 2.41. The fraction of sp³-hybridized carbons (Fsp3) is 0.500. The zero-order valence-corrected chi connectivity index (χ0v) is 10.3. The largest absolute Gasteiger partial charge is 0.296 e. The van der Waals surface area contributed by atoms with E-state index in [9.17, 15) is 9.59 Å². The number of amides is 2. The van der Waals surface area contributed by atoms with Gasteiger partial charge in [-0.25, -0.2) is 0 Å². The molecule has 0 spiro atoms. The molecule has 1 fully saturated rings. The first-order valence-electron chi connectivity index (χ1n) is 5.52. The Balaban J connectivity index is 2.29. The number of hydrogen-bond acceptors (Lipinski definition) is 3. The minimum Gasteiger partial charge on any atom is -0.296 e. The van der Waals surface area contributed by atoms with Crippen molar-refractivity contribution in [1.29, 1.82) is 0 Å². The van der Waals surface area contributed by atoms with E-state index in [4.69, 9.17) is 0 Å². The van der Waals surface area contributed by atoms with E-state index in [2.05, 4.69) is 5.32 Å². The Morgan fingerprint density at radius 1 is 1.44 bits per heavy atom. The molecule has 86 valence electrons. The van der Waals surface area contributed by atoms with Crippen LogP contribution in [0.25, 0.3) is 0 Å². The highest BCUT2D eigenvalue weighted by atomic mass is 32.1. The average Bonchev–Trinajstić information content (AvgIpc) is 2.63. The topological polar surface area (TPSA) is 46.2 Å². The van der Waals surface area contributed by atoms with Crippen molar-refractivity contribution in [3.05, 3.63) is 21.9 Å². The van der Waals surface area contributed by atoms with Gasteiger partial charge in [0.15, 0.2) is 0 Å². The fourth-order valence-corrected chi connectivity index (χ4v) is 3.27. The molecule has 1 N–H and O–H groups in total. The smallest absolute Gasteiger partial charge is 0.230 e. The maximum Gasteiger partial charge on any atom is 0.230 e. The molecule has 1 aromatic rings. The third kappa shape index (κ3) is 2.02. The summed E-state index contributed by atoms with van der Waals surface area (Å²) >= 11 is 1.69. The molecule has 0 radical (unpaired) electrons. The normalized spacial score (nSPS) is 25.6. The van der Waals surface area contributed by atoms with E-state index in [0.29, 0.717) is 6.42 Å². The zero-order valence-electron chi connectivity index (χ0n) is 9.45. The maximum atomic E-state index is 11.7. The molecule has 0 aromatic carbocycles. The Morgan fingerprint density at radius 2 is 2.19 bits per heavy atom. The molecule has 1 aliphatic heterocycles. The van der Waals surface area contributed by atoms with Crippen LogP contribution in [0.5, 0.6) is 0 Å². The summed E-state index contributed by atoms with van der Waals surface area (Å²) in [5.74, 6) is -0.249. The summed E-state index contributed by atoms with van der Waals surface area (Å²) in [5.41, 5.74) is 0. The van der Waals surface area contributed by atoms with Crippen LogP contribution < -0.4 is 5.32 Å². The predicted molar refractivity (Wildman–Crippen MR) is 63.3 cm³/mol. The lowest BCUT2D eigenvalue weighted by atomic mass is 9.82. The van der Waals surface area contributed by atoms with Crippen LogP contribution in [0.3, 0.4) is 0 Å². The molecule has 1 aliphatic rings. The van der Waals surface area contributed by atoms with Crippen LogP contribution in [0.2, 0.25) is 0 Å². The summed E-state index contributed by atoms with van der Waals surface area (Å²) in [4.78, 5) is 25.5. The van der Waals surface area contributed by atoms with E-state index in [-0.39, 0.29) is 23.7 Å². The molecule has 2 heterocycles. The van der Waals surface area contributed by atoms with Gasteiger partial charge >= 0.3 is 0 Å². The van der Waals surface area contributed by atoms with Crippen LogP contribution in [0.4, 0.5) is 0 Å². The van der Waals surface area contributed by atoms with Crippen molar-refractivity contribution in [1.82, 2.24) is 5.32 Å². The second-order valence-electron chi connectivity index (χ2n) is 4.19. The number of rotatable bonds is 2. The summed E-state index contributed by atoms with van der Waals surface area (Å²) < 4.78 is 0. The van der Waals surface area contributed by atoms with E-state index in [0.717, 1.165) is 11.3 Å². The Morgan fingerprint density at radius 3 is 2.75 bits per heavy atom. The fourth-order valence-electron chi connectivity index (χ4n) is 2.23. The first kappa shape index (κ1) is 11.3. The van der Waals surface area contributed by atoms with Gasteiger partial charge in [-0.3, -0.25) is 14.9 Å². The van der Waals surface area contributed by atoms with Crippen LogP contribution in [-0.2, 0) is 9.59 Å². The molecule has 4 heteroatoms. The number of carbonyl (C=O) groups excluding carboxylic acids is 2. The molecule has 0 saturated carbocycles. The number of imide groups is 1. The van der Waals surface area contributed by atoms with E-state index in [1.165, 1.54) is 4.88 Å². The number of nitrogens with one attached hydrogen (secondary N) is 1. The Bertz CT molecular complexity index is 424. The van der Waals surface area contributed by atoms with Gasteiger partial charge in [0.1, 0.15) is 0 Å². The highest BCUT2D eigenvalue weighted by Gasteiger charge is 2.36. The quantitative estimate of drug-likeness (QED) is 0.802. The molecule has 16 heavy (non-hydrogen) atoms. The number of piperidine rings is 1. The summed E-state index contributed by atoms with van der Waals surface area (Å²) in [6, 6.07) is 4.09. The van der Waals surface area contributed by atoms with Crippen molar-refractivity contribution < 1.29 is 9.59 Å². The van der Waals surface area contributed by atoms with Gasteiger partial charge in [-0.05, 0) is 25.5 Å². The monoisotopic (exact) mass is 237 g/mol. The summed E-state index contributed by atoms with van der Waals surface area (Å²) in [7, 11) is 0. The first-order chi connectivity index (χ1) is 7.61. The molecule has 1 saturated heterocycles. The van der Waals surface area contributed by atoms with Gasteiger partial charge in [-0.15, -0.1) is 11.3 Å². The molecule has 2 unspecified atom stereocenters. The molecule has 2 amide bonds. The second kappa shape index (κ2) is 4.37. The van der Waals surface area contributed by atoms with Crippen LogP contribution in [0.15, 0.2) is 12.1 Å². The van der Waals surface area contributed by atoms with Gasteiger partial charge in [0.2, 0.25) is 11.8 Å². The van der Waals surface area contributed by atoms with Crippen molar-refractivity contribution >= 4 is 23.2 Å². The number of thiophene rings is 1. The molecule has 3 nitrogen and oxygen atoms in total. The minimum absolute atomic E-state index is 0.0595. The molecular formula is C12H15NO2S. The molecule has 0 bridgehead atoms. The highest BCUT2D eigenvalue weighted by molar-refractivity contribution is 7.12. The maximum absolute atomic E-state index is 11.7. The lowest BCUT2D eigenvalue weighted by Crippen LogP contribution is -2.44. The number of carbonyl (C=O) groups is 2. The van der Waals surface area contributed by atoms with E-state index < -0.39 is 0 Å². The molecule has 1 aromatic heterocycles. The van der Waals surface area contributed by atoms with E-state index >= 15 is 0 Å². The molecule has 2 rings (SSSR count). The van der Waals surface area contributed by atoms with E-state index in [1.54, 1.807) is 11.3 Å². The Kier molecular flexibility index (Phi) is 3.10. The van der Waals surface area contributed by atoms with Gasteiger partial charge < -0.3 is 0 Å². The number of aryl methyl sites for hydroxylation is 1. The third-order valence-corrected chi connectivity index (χ3v) is 4.19. The number of hydrogen-bond donors (Lipinski definition) is 1. The highest BCUT2D eigenvalue weighted by Crippen LogP contribution is 2.36. The van der Waals surface area contributed by atoms with Crippen molar-refractivity contribution in [3.8, 4) is 0 Å². The van der Waals surface area contributed by atoms with Crippen LogP contribution in [0.1, 0.15) is 35.4 Å². The lowest BCUT2D eigenvalue weighted by molar-refractivity contribution is -0.137. The minimum atomic E-state index is -0.147. The molecular weight excluding hydrogens is 222 g/mol. The first-order valence-corrected chi connectivity index (χ1v) is 6.33. The van der Waals surface area contributed by atoms with Gasteiger partial charge in [0.05, 0.1) is 0 Å². The predicted octanol–water partition coefficient (Wildman–Crippen LogP) is 2.21. The lowest BCUT2D eigenvalue weighted by Gasteiger charge is -2.28. The van der Waals surface area contributed by atoms with Crippen LogP contribution in [0, 0.1) is 12.8 Å². The van der Waals surface area contributed by atoms with Crippen molar-refractivity contribution in [2.24, 2.45) is 5.92 Å². The Labute approximate surface area is 98.9 Å². The van der Waals surface area contributed by atoms with Crippen LogP contribution in [-0.4, -0.2) is 11.8 Å². The third-order valence-electron chi connectivity index (χ3n) is 3.06. The average molecular weight is 237 g/mol. The van der Waals surface area contributed by atoms with Crippen molar-refractivity contribution in [2.75, 3.05) is 0 Å². The Hall–Kier alpha value is -1.16.